The van der Waals surface area contributed by atoms with E-state index in [1.165, 1.54) is 21.8 Å². The van der Waals surface area contributed by atoms with E-state index in [9.17, 15) is 0 Å². The van der Waals surface area contributed by atoms with Gasteiger partial charge in [0, 0.05) is 37.8 Å². The zero-order chi connectivity index (χ0) is 28.5. The number of benzene rings is 6. The number of para-hydroxylation sites is 2. The van der Waals surface area contributed by atoms with Crippen LogP contribution in [0.5, 0.6) is 0 Å². The Labute approximate surface area is 246 Å². The van der Waals surface area contributed by atoms with Crippen molar-refractivity contribution >= 4 is 44.9 Å². The van der Waals surface area contributed by atoms with E-state index in [4.69, 9.17) is 0 Å². The zero-order valence-corrected chi connectivity index (χ0v) is 24.6. The van der Waals surface area contributed by atoms with Crippen molar-refractivity contribution in [2.24, 2.45) is 0 Å². The van der Waals surface area contributed by atoms with Crippen LogP contribution in [-0.2, 0) is 9.98 Å². The third-order valence-corrected chi connectivity index (χ3v) is 12.2. The van der Waals surface area contributed by atoms with Gasteiger partial charge in [-0.25, -0.2) is 0 Å². The highest BCUT2D eigenvalue weighted by molar-refractivity contribution is 7.85. The van der Waals surface area contributed by atoms with Crippen molar-refractivity contribution in [1.82, 2.24) is 4.57 Å². The lowest BCUT2D eigenvalue weighted by molar-refractivity contribution is 0.586. The van der Waals surface area contributed by atoms with Crippen LogP contribution in [0.2, 0.25) is 0 Å². The molecule has 8 rings (SSSR count). The molecule has 1 atom stereocenters. The van der Waals surface area contributed by atoms with Gasteiger partial charge in [-0.15, -0.1) is 0 Å². The fourth-order valence-electron chi connectivity index (χ4n) is 6.97. The topological polar surface area (TPSA) is 22.0 Å². The van der Waals surface area contributed by atoms with Crippen LogP contribution in [0.15, 0.2) is 146 Å². The molecule has 0 radical (unpaired) electrons. The smallest absolute Gasteiger partial charge is 0.171 e. The number of fused-ring (bicyclic) bond motifs is 5. The quantitative estimate of drug-likeness (QED) is 0.199. The van der Waals surface area contributed by atoms with Gasteiger partial charge >= 0.3 is 0 Å². The average molecular weight is 560 g/mol. The predicted molar refractivity (Wildman–Crippen MR) is 178 cm³/mol. The van der Waals surface area contributed by atoms with Gasteiger partial charge in [-0.2, -0.15) is 0 Å². The van der Waals surface area contributed by atoms with Gasteiger partial charge < -0.3 is 9.13 Å². The average Bonchev–Trinajstić information content (AvgIpc) is 3.38. The molecular formula is C39H30NOP. The first-order chi connectivity index (χ1) is 20.5. The maximum absolute atomic E-state index is 15.3. The van der Waals surface area contributed by atoms with E-state index in [-0.39, 0.29) is 5.41 Å². The minimum absolute atomic E-state index is 0.294. The second kappa shape index (κ2) is 9.18. The summed E-state index contributed by atoms with van der Waals surface area (Å²) < 4.78 is 17.6. The Hall–Kier alpha value is -4.65. The van der Waals surface area contributed by atoms with E-state index in [0.717, 1.165) is 43.9 Å². The molecule has 0 N–H and O–H groups in total. The van der Waals surface area contributed by atoms with Crippen molar-refractivity contribution in [1.29, 1.82) is 0 Å². The molecule has 0 fully saturated rings. The standard InChI is InChI=1S/C39H30NOP/c1-39(2)33-18-10-12-20-37(33)42(41,30-15-7-4-8-16-30)38-24-22-28(26-34(38)39)27-21-23-36-32(25-27)31-17-9-11-19-35(31)40(36)29-13-5-3-6-14-29/h3-26H,1-2H3. The lowest BCUT2D eigenvalue weighted by atomic mass is 9.77. The van der Waals surface area contributed by atoms with E-state index in [1.807, 2.05) is 36.4 Å². The van der Waals surface area contributed by atoms with Crippen molar-refractivity contribution in [2.75, 3.05) is 0 Å². The normalized spacial score (nSPS) is 17.2. The molecule has 42 heavy (non-hydrogen) atoms. The lowest BCUT2D eigenvalue weighted by Crippen LogP contribution is -2.42. The van der Waals surface area contributed by atoms with Crippen molar-refractivity contribution in [3.8, 4) is 16.8 Å². The summed E-state index contributed by atoms with van der Waals surface area (Å²) in [5.74, 6) is 0. The van der Waals surface area contributed by atoms with Crippen molar-refractivity contribution in [3.05, 3.63) is 157 Å². The fourth-order valence-corrected chi connectivity index (χ4v) is 10.3. The molecule has 2 nitrogen and oxygen atoms in total. The molecule has 1 aliphatic heterocycles. The van der Waals surface area contributed by atoms with Gasteiger partial charge in [-0.1, -0.05) is 117 Å². The second-order valence-corrected chi connectivity index (χ2v) is 14.4. The Balaban J connectivity index is 1.35. The number of nitrogens with zero attached hydrogens (tertiary/aromatic N) is 1. The summed E-state index contributed by atoms with van der Waals surface area (Å²) in [5.41, 5.74) is 7.82. The van der Waals surface area contributed by atoms with Crippen molar-refractivity contribution in [3.63, 3.8) is 0 Å². The van der Waals surface area contributed by atoms with Crippen LogP contribution in [0.3, 0.4) is 0 Å². The summed E-state index contributed by atoms with van der Waals surface area (Å²) in [4.78, 5) is 0. The summed E-state index contributed by atoms with van der Waals surface area (Å²) >= 11 is 0. The molecule has 1 aromatic heterocycles. The largest absolute Gasteiger partial charge is 0.309 e. The first-order valence-corrected chi connectivity index (χ1v) is 16.2. The molecule has 1 unspecified atom stereocenters. The maximum Gasteiger partial charge on any atom is 0.171 e. The summed E-state index contributed by atoms with van der Waals surface area (Å²) in [6.45, 7) is 4.53. The summed E-state index contributed by atoms with van der Waals surface area (Å²) in [7, 11) is -3.04. The van der Waals surface area contributed by atoms with Crippen molar-refractivity contribution < 1.29 is 4.57 Å². The van der Waals surface area contributed by atoms with Crippen LogP contribution >= 0.6 is 7.14 Å². The van der Waals surface area contributed by atoms with Crippen LogP contribution in [0.25, 0.3) is 38.6 Å². The molecule has 0 spiro atoms. The molecule has 6 aromatic carbocycles. The highest BCUT2D eigenvalue weighted by Gasteiger charge is 2.44. The van der Waals surface area contributed by atoms with E-state index in [1.54, 1.807) is 0 Å². The number of aromatic nitrogens is 1. The minimum atomic E-state index is -3.04. The molecule has 0 aliphatic carbocycles. The van der Waals surface area contributed by atoms with Gasteiger partial charge in [0.2, 0.25) is 0 Å². The Kier molecular flexibility index (Phi) is 5.48. The zero-order valence-electron chi connectivity index (χ0n) is 23.7. The second-order valence-electron chi connectivity index (χ2n) is 11.7. The molecule has 1 aliphatic rings. The van der Waals surface area contributed by atoms with Gasteiger partial charge in [0.25, 0.3) is 0 Å². The summed E-state index contributed by atoms with van der Waals surface area (Å²) in [6.07, 6.45) is 0. The number of hydrogen-bond donors (Lipinski definition) is 0. The lowest BCUT2D eigenvalue weighted by Gasteiger charge is -2.39. The molecular weight excluding hydrogens is 529 g/mol. The Morgan fingerprint density at radius 2 is 1.12 bits per heavy atom. The van der Waals surface area contributed by atoms with Crippen LogP contribution in [0.4, 0.5) is 0 Å². The predicted octanol–water partition coefficient (Wildman–Crippen LogP) is 8.73. The van der Waals surface area contributed by atoms with Crippen molar-refractivity contribution in [2.45, 2.75) is 19.3 Å². The van der Waals surface area contributed by atoms with Crippen LogP contribution < -0.4 is 15.9 Å². The van der Waals surface area contributed by atoms with Gasteiger partial charge in [-0.3, -0.25) is 0 Å². The SMILES string of the molecule is CC1(C)c2ccccc2P(=O)(c2ccccc2)c2ccc(-c3ccc4c(c3)c3ccccc3n4-c3ccccc3)cc21. The molecule has 3 heteroatoms. The molecule has 0 saturated heterocycles. The third kappa shape index (κ3) is 3.49. The van der Waals surface area contributed by atoms with Crippen LogP contribution in [0.1, 0.15) is 25.0 Å². The molecule has 2 heterocycles. The molecule has 202 valence electrons. The van der Waals surface area contributed by atoms with E-state index >= 15 is 4.57 Å². The molecule has 0 bridgehead atoms. The molecule has 0 amide bonds. The van der Waals surface area contributed by atoms with Gasteiger partial charge in [0.1, 0.15) is 0 Å². The number of rotatable bonds is 3. The first kappa shape index (κ1) is 25.1. The van der Waals surface area contributed by atoms with E-state index in [2.05, 4.69) is 128 Å². The Morgan fingerprint density at radius 3 is 1.93 bits per heavy atom. The highest BCUT2D eigenvalue weighted by atomic mass is 31.2. The van der Waals surface area contributed by atoms with Gasteiger partial charge in [0.05, 0.1) is 11.0 Å². The highest BCUT2D eigenvalue weighted by Crippen LogP contribution is 2.53. The van der Waals surface area contributed by atoms with Crippen LogP contribution in [0, 0.1) is 0 Å². The van der Waals surface area contributed by atoms with E-state index < -0.39 is 7.14 Å². The maximum atomic E-state index is 15.3. The summed E-state index contributed by atoms with van der Waals surface area (Å²) in [5, 5.41) is 5.25. The van der Waals surface area contributed by atoms with Gasteiger partial charge in [0.15, 0.2) is 7.14 Å². The minimum Gasteiger partial charge on any atom is -0.309 e. The summed E-state index contributed by atoms with van der Waals surface area (Å²) in [6, 6.07) is 50.9. The monoisotopic (exact) mass is 559 g/mol. The first-order valence-electron chi connectivity index (χ1n) is 14.5. The Morgan fingerprint density at radius 1 is 0.524 bits per heavy atom. The van der Waals surface area contributed by atoms with Crippen LogP contribution in [-0.4, -0.2) is 4.57 Å². The van der Waals surface area contributed by atoms with Gasteiger partial charge in [-0.05, 0) is 64.7 Å². The molecule has 7 aromatic rings. The Bertz CT molecular complexity index is 2190. The number of hydrogen-bond acceptors (Lipinski definition) is 1. The van der Waals surface area contributed by atoms with E-state index in [0.29, 0.717) is 0 Å². The fraction of sp³-hybridized carbons (Fsp3) is 0.0769. The molecule has 0 saturated carbocycles. The third-order valence-electron chi connectivity index (χ3n) is 9.07.